The van der Waals surface area contributed by atoms with Gasteiger partial charge >= 0.3 is 5.97 Å². The molecule has 0 bridgehead atoms. The van der Waals surface area contributed by atoms with Gasteiger partial charge < -0.3 is 30.4 Å². The van der Waals surface area contributed by atoms with Crippen LogP contribution in [0.3, 0.4) is 0 Å². The minimum atomic E-state index is -1.35. The number of carboxylic acids is 1. The van der Waals surface area contributed by atoms with Crippen molar-refractivity contribution in [1.29, 1.82) is 0 Å². The fourth-order valence-corrected chi connectivity index (χ4v) is 5.91. The van der Waals surface area contributed by atoms with E-state index in [0.29, 0.717) is 77.7 Å². The zero-order valence-electron chi connectivity index (χ0n) is 24.1. The first-order valence-corrected chi connectivity index (χ1v) is 14.2. The Kier molecular flexibility index (Phi) is 7.35. The van der Waals surface area contributed by atoms with Crippen LogP contribution >= 0.6 is 0 Å². The summed E-state index contributed by atoms with van der Waals surface area (Å²) >= 11 is 0. The smallest absolute Gasteiger partial charge is 0.341 e. The number of nitrogens with zero attached hydrogens (tertiary/aromatic N) is 4. The Morgan fingerprint density at radius 1 is 1.16 bits per heavy atom. The van der Waals surface area contributed by atoms with E-state index in [1.807, 2.05) is 13.8 Å². The van der Waals surface area contributed by atoms with Crippen LogP contribution in [-0.4, -0.2) is 65.0 Å². The molecule has 4 N–H and O–H groups in total. The minimum absolute atomic E-state index is 0.104. The highest BCUT2D eigenvalue weighted by Gasteiger charge is 2.34. The Labute approximate surface area is 246 Å². The van der Waals surface area contributed by atoms with Gasteiger partial charge in [0, 0.05) is 91.7 Å². The fraction of sp³-hybridized carbons (Fsp3) is 0.355. The van der Waals surface area contributed by atoms with E-state index < -0.39 is 28.6 Å². The first-order valence-electron chi connectivity index (χ1n) is 14.2. The molecule has 0 saturated carbocycles. The van der Waals surface area contributed by atoms with E-state index in [0.717, 1.165) is 6.07 Å². The van der Waals surface area contributed by atoms with Crippen LogP contribution in [0.25, 0.3) is 33.3 Å². The Bertz CT molecular complexity index is 1830. The first kappa shape index (κ1) is 28.7. The number of hydrogen-bond acceptors (Lipinski definition) is 8. The summed E-state index contributed by atoms with van der Waals surface area (Å²) in [6.45, 7) is 6.05. The van der Waals surface area contributed by atoms with Crippen molar-refractivity contribution in [2.75, 3.05) is 43.6 Å². The highest BCUT2D eigenvalue weighted by molar-refractivity contribution is 5.98. The van der Waals surface area contributed by atoms with Crippen molar-refractivity contribution >= 4 is 28.4 Å². The van der Waals surface area contributed by atoms with Gasteiger partial charge in [-0.2, -0.15) is 0 Å². The third-order valence-corrected chi connectivity index (χ3v) is 8.37. The topological polar surface area (TPSA) is 136 Å². The second-order valence-corrected chi connectivity index (χ2v) is 11.3. The average Bonchev–Trinajstić information content (AvgIpc) is 3.40. The molecule has 0 amide bonds. The summed E-state index contributed by atoms with van der Waals surface area (Å²) in [6, 6.07) is 2.44. The zero-order chi connectivity index (χ0) is 30.6. The predicted molar refractivity (Wildman–Crippen MR) is 160 cm³/mol. The molecule has 1 unspecified atom stereocenters. The van der Waals surface area contributed by atoms with Crippen LogP contribution in [-0.2, 0) is 17.7 Å². The molecule has 4 heterocycles. The van der Waals surface area contributed by atoms with Gasteiger partial charge in [-0.3, -0.25) is 9.78 Å². The van der Waals surface area contributed by atoms with Gasteiger partial charge in [-0.15, -0.1) is 0 Å². The monoisotopic (exact) mass is 590 g/mol. The van der Waals surface area contributed by atoms with Gasteiger partial charge in [0.1, 0.15) is 11.2 Å². The van der Waals surface area contributed by atoms with Crippen LogP contribution in [0.4, 0.5) is 20.2 Å². The number of aromatic nitrogens is 3. The molecule has 12 heteroatoms. The number of halogens is 2. The van der Waals surface area contributed by atoms with Crippen molar-refractivity contribution in [3.05, 3.63) is 69.4 Å². The molecule has 43 heavy (non-hydrogen) atoms. The highest BCUT2D eigenvalue weighted by atomic mass is 19.2. The Hall–Kier alpha value is -4.42. The number of benzene rings is 1. The normalized spacial score (nSPS) is 15.1. The van der Waals surface area contributed by atoms with Crippen molar-refractivity contribution in [3.63, 3.8) is 0 Å². The summed E-state index contributed by atoms with van der Waals surface area (Å²) in [5.74, 6) is -3.17. The molecule has 1 aliphatic carbocycles. The maximum absolute atomic E-state index is 15.6. The number of anilines is 2. The quantitative estimate of drug-likeness (QED) is 0.258. The molecule has 4 aromatic rings. The lowest BCUT2D eigenvalue weighted by atomic mass is 9.96. The maximum atomic E-state index is 15.6. The molecule has 1 saturated heterocycles. The van der Waals surface area contributed by atoms with Crippen LogP contribution in [0.2, 0.25) is 0 Å². The van der Waals surface area contributed by atoms with Crippen molar-refractivity contribution in [2.45, 2.75) is 32.9 Å². The summed E-state index contributed by atoms with van der Waals surface area (Å²) < 4.78 is 37.6. The number of carbonyl (C=O) groups is 1. The van der Waals surface area contributed by atoms with E-state index in [4.69, 9.17) is 10.5 Å². The van der Waals surface area contributed by atoms with Crippen molar-refractivity contribution in [2.24, 2.45) is 11.7 Å². The summed E-state index contributed by atoms with van der Waals surface area (Å²) in [7, 11) is 1.66. The molecular weight excluding hydrogens is 558 g/mol. The third kappa shape index (κ3) is 4.80. The van der Waals surface area contributed by atoms with E-state index in [9.17, 15) is 19.1 Å². The van der Waals surface area contributed by atoms with Gasteiger partial charge in [-0.25, -0.2) is 18.6 Å². The van der Waals surface area contributed by atoms with E-state index in [-0.39, 0.29) is 29.5 Å². The molecule has 224 valence electrons. The Morgan fingerprint density at radius 3 is 2.58 bits per heavy atom. The lowest BCUT2D eigenvalue weighted by molar-refractivity contribution is 0.0694. The molecular formula is C31H32F2N6O4. The number of pyridine rings is 3. The van der Waals surface area contributed by atoms with Crippen molar-refractivity contribution < 1.29 is 23.4 Å². The first-order chi connectivity index (χ1) is 20.6. The minimum Gasteiger partial charge on any atom is -0.477 e. The highest BCUT2D eigenvalue weighted by Crippen LogP contribution is 2.50. The van der Waals surface area contributed by atoms with Gasteiger partial charge in [-0.1, -0.05) is 13.8 Å². The van der Waals surface area contributed by atoms with E-state index in [1.54, 1.807) is 30.1 Å². The Balaban J connectivity index is 1.61. The average molecular weight is 591 g/mol. The number of aromatic carboxylic acids is 1. The standard InChI is InChI=1S/C31H32F2N6O4/c1-15(2)22(34)14-39-13-20(31(41)42)29(40)18-8-16(11-37-30(18)39)19-12-36-24-9-17-23(35-3)10-21(32)27(33)25(17)26(24)28(19)38-4-6-43-7-5-38/h8,10-13,15,22,35H,4-7,9,14,34H2,1-3H3,(H,41,42). The molecule has 1 fully saturated rings. The number of nitrogens with two attached hydrogens (primary N) is 1. The predicted octanol–water partition coefficient (Wildman–Crippen LogP) is 3.87. The van der Waals surface area contributed by atoms with Gasteiger partial charge in [-0.05, 0) is 17.5 Å². The number of ether oxygens (including phenoxy) is 1. The number of fused-ring (bicyclic) bond motifs is 4. The molecule has 1 atom stereocenters. The molecule has 10 nitrogen and oxygen atoms in total. The number of hydrogen-bond donors (Lipinski definition) is 3. The number of morpholine rings is 1. The molecule has 1 aliphatic heterocycles. The molecule has 3 aromatic heterocycles. The van der Waals surface area contributed by atoms with E-state index >= 15 is 4.39 Å². The third-order valence-electron chi connectivity index (χ3n) is 8.37. The largest absolute Gasteiger partial charge is 0.477 e. The van der Waals surface area contributed by atoms with Crippen molar-refractivity contribution in [1.82, 2.24) is 14.5 Å². The van der Waals surface area contributed by atoms with Crippen LogP contribution in [0.1, 0.15) is 35.5 Å². The van der Waals surface area contributed by atoms with Crippen LogP contribution in [0.15, 0.2) is 35.5 Å². The van der Waals surface area contributed by atoms with Crippen molar-refractivity contribution in [3.8, 4) is 22.3 Å². The zero-order valence-corrected chi connectivity index (χ0v) is 24.1. The molecule has 6 rings (SSSR count). The molecule has 0 radical (unpaired) electrons. The van der Waals surface area contributed by atoms with Gasteiger partial charge in [0.15, 0.2) is 11.6 Å². The summed E-state index contributed by atoms with van der Waals surface area (Å²) in [5.41, 5.74) is 9.56. The number of rotatable bonds is 7. The van der Waals surface area contributed by atoms with Gasteiger partial charge in [0.2, 0.25) is 5.43 Å². The van der Waals surface area contributed by atoms with E-state index in [1.165, 1.54) is 6.20 Å². The second-order valence-electron chi connectivity index (χ2n) is 11.3. The number of nitrogens with one attached hydrogen (secondary N) is 1. The lowest BCUT2D eigenvalue weighted by Crippen LogP contribution is -2.37. The molecule has 0 spiro atoms. The second kappa shape index (κ2) is 11.0. The van der Waals surface area contributed by atoms with Gasteiger partial charge in [0.05, 0.1) is 30.0 Å². The van der Waals surface area contributed by atoms with Crippen LogP contribution in [0, 0.1) is 17.6 Å². The van der Waals surface area contributed by atoms with Crippen LogP contribution in [0.5, 0.6) is 0 Å². The summed E-state index contributed by atoms with van der Waals surface area (Å²) in [6.07, 6.45) is 4.84. The SMILES string of the molecule is CNc1cc(F)c(F)c2c1Cc1ncc(-c3cnc4c(c3)c(=O)c(C(=O)O)cn4CC(N)C(C)C)c(N3CCOCC3)c1-2. The Morgan fingerprint density at radius 2 is 1.91 bits per heavy atom. The van der Waals surface area contributed by atoms with Gasteiger partial charge in [0.25, 0.3) is 0 Å². The maximum Gasteiger partial charge on any atom is 0.341 e. The fourth-order valence-electron chi connectivity index (χ4n) is 5.91. The number of carboxylic acid groups (broad SMARTS) is 1. The van der Waals surface area contributed by atoms with E-state index in [2.05, 4.69) is 20.2 Å². The molecule has 1 aromatic carbocycles. The summed E-state index contributed by atoms with van der Waals surface area (Å²) in [5, 5.41) is 12.9. The summed E-state index contributed by atoms with van der Waals surface area (Å²) in [4.78, 5) is 36.8. The lowest BCUT2D eigenvalue weighted by Gasteiger charge is -2.32. The van der Waals surface area contributed by atoms with Crippen LogP contribution < -0.4 is 21.4 Å². The molecule has 2 aliphatic rings.